The van der Waals surface area contributed by atoms with Crippen molar-refractivity contribution in [1.82, 2.24) is 0 Å². The van der Waals surface area contributed by atoms with E-state index in [0.29, 0.717) is 28.2 Å². The summed E-state index contributed by atoms with van der Waals surface area (Å²) in [4.78, 5) is 31.3. The van der Waals surface area contributed by atoms with Crippen molar-refractivity contribution in [2.75, 3.05) is 42.3 Å². The molecule has 9 heteroatoms. The van der Waals surface area contributed by atoms with Crippen molar-refractivity contribution >= 4 is 34.7 Å². The minimum atomic E-state index is -1.23. The van der Waals surface area contributed by atoms with Gasteiger partial charge in [0.05, 0.1) is 11.1 Å². The number of phenols is 1. The maximum Gasteiger partial charge on any atom is 0.340 e. The molecule has 56 heavy (non-hydrogen) atoms. The Hall–Kier alpha value is -6.74. The number of nitrogens with zero attached hydrogens (tertiary/aromatic N) is 2. The van der Waals surface area contributed by atoms with E-state index in [4.69, 9.17) is 14.2 Å². The van der Waals surface area contributed by atoms with Gasteiger partial charge in [-0.1, -0.05) is 48.5 Å². The van der Waals surface area contributed by atoms with Gasteiger partial charge in [-0.25, -0.2) is 9.59 Å². The van der Waals surface area contributed by atoms with Gasteiger partial charge in [-0.15, -0.1) is 0 Å². The number of fused-ring (bicyclic) bond motifs is 7. The van der Waals surface area contributed by atoms with E-state index in [0.717, 1.165) is 69.2 Å². The van der Waals surface area contributed by atoms with Gasteiger partial charge in [-0.05, 0) is 93.1 Å². The molecule has 0 aromatic heterocycles. The van der Waals surface area contributed by atoms with E-state index in [9.17, 15) is 14.7 Å². The average molecular weight is 744 g/mol. The number of rotatable bonds is 8. The summed E-state index contributed by atoms with van der Waals surface area (Å²) in [5.74, 6) is 0.587. The highest BCUT2D eigenvalue weighted by Crippen LogP contribution is 2.57. The second kappa shape index (κ2) is 12.9. The second-order valence-electron chi connectivity index (χ2n) is 14.7. The minimum Gasteiger partial charge on any atom is -0.508 e. The topological polar surface area (TPSA) is 101 Å². The lowest BCUT2D eigenvalue weighted by atomic mass is 9.77. The van der Waals surface area contributed by atoms with E-state index in [-0.39, 0.29) is 11.7 Å². The van der Waals surface area contributed by atoms with Crippen molar-refractivity contribution in [3.8, 4) is 17.2 Å². The van der Waals surface area contributed by atoms with Gasteiger partial charge in [0.25, 0.3) is 0 Å². The number of cyclic esters (lactones) is 1. The number of phenolic OH excluding ortho intramolecular Hbond substituents is 1. The molecule has 0 amide bonds. The van der Waals surface area contributed by atoms with Crippen molar-refractivity contribution in [3.63, 3.8) is 0 Å². The molecule has 9 rings (SSSR count). The van der Waals surface area contributed by atoms with Crippen LogP contribution < -0.4 is 19.9 Å². The molecule has 9 nitrogen and oxygen atoms in total. The van der Waals surface area contributed by atoms with Crippen LogP contribution >= 0.6 is 0 Å². The molecule has 3 aliphatic rings. The Labute approximate surface area is 325 Å². The normalized spacial score (nSPS) is 18.6. The van der Waals surface area contributed by atoms with Crippen LogP contribution in [0.25, 0.3) is 0 Å². The fraction of sp³-hybridized carbons (Fsp3) is 0.191. The second-order valence-corrected chi connectivity index (χ2v) is 14.7. The molecule has 0 saturated heterocycles. The molecule has 6 aromatic rings. The first-order valence-corrected chi connectivity index (χ1v) is 18.8. The fourth-order valence-corrected chi connectivity index (χ4v) is 8.50. The third-order valence-electron chi connectivity index (χ3n) is 11.4. The number of nitrogens with one attached hydrogen (secondary N) is 1. The van der Waals surface area contributed by atoms with Gasteiger partial charge in [-0.3, -0.25) is 0 Å². The number of esters is 2. The molecule has 2 unspecified atom stereocenters. The SMILES string of the molecule is CCN(CC)c1ccc2c(c1)Oc1cc(C)c(Nc3ccc(C4(c5ccc(O)cc5)OC(=O)c5cc(N(C)C)ccc54)cc3)cc1C21OC(=O)c2ccccc21. The summed E-state index contributed by atoms with van der Waals surface area (Å²) in [5, 5.41) is 13.7. The van der Waals surface area contributed by atoms with E-state index >= 15 is 0 Å². The number of ether oxygens (including phenoxy) is 3. The van der Waals surface area contributed by atoms with Crippen LogP contribution in [0, 0.1) is 6.92 Å². The minimum absolute atomic E-state index is 0.118. The van der Waals surface area contributed by atoms with Crippen LogP contribution in [-0.4, -0.2) is 44.2 Å². The largest absolute Gasteiger partial charge is 0.508 e. The van der Waals surface area contributed by atoms with E-state index in [1.54, 1.807) is 24.3 Å². The molecule has 3 aliphatic heterocycles. The summed E-state index contributed by atoms with van der Waals surface area (Å²) >= 11 is 0. The number of anilines is 4. The number of carbonyl (C=O) groups excluding carboxylic acids is 2. The molecule has 0 saturated carbocycles. The lowest BCUT2D eigenvalue weighted by Gasteiger charge is -2.37. The highest BCUT2D eigenvalue weighted by molar-refractivity contribution is 5.98. The Morgan fingerprint density at radius 3 is 1.95 bits per heavy atom. The number of aromatic hydroxyl groups is 1. The molecule has 2 N–H and O–H groups in total. The number of benzene rings is 6. The number of hydrogen-bond acceptors (Lipinski definition) is 9. The number of hydrogen-bond donors (Lipinski definition) is 2. The first kappa shape index (κ1) is 35.0. The maximum atomic E-state index is 13.6. The molecule has 280 valence electrons. The first-order chi connectivity index (χ1) is 27.1. The van der Waals surface area contributed by atoms with E-state index < -0.39 is 17.2 Å². The molecular weight excluding hydrogens is 703 g/mol. The first-order valence-electron chi connectivity index (χ1n) is 18.8. The molecule has 3 heterocycles. The Kier molecular flexibility index (Phi) is 8.09. The van der Waals surface area contributed by atoms with Gasteiger partial charge in [0.15, 0.2) is 11.2 Å². The summed E-state index contributed by atoms with van der Waals surface area (Å²) in [7, 11) is 3.86. The molecule has 0 aliphatic carbocycles. The van der Waals surface area contributed by atoms with Crippen LogP contribution in [0.15, 0.2) is 121 Å². The van der Waals surface area contributed by atoms with E-state index in [1.807, 2.05) is 117 Å². The highest BCUT2D eigenvalue weighted by Gasteiger charge is 2.54. The molecule has 1 spiro atoms. The van der Waals surface area contributed by atoms with Crippen LogP contribution in [0.4, 0.5) is 22.7 Å². The predicted octanol–water partition coefficient (Wildman–Crippen LogP) is 9.39. The highest BCUT2D eigenvalue weighted by atomic mass is 16.6. The fourth-order valence-electron chi connectivity index (χ4n) is 8.50. The summed E-state index contributed by atoms with van der Waals surface area (Å²) in [5.41, 5.74) is 7.49. The maximum absolute atomic E-state index is 13.6. The van der Waals surface area contributed by atoms with Gasteiger partial charge in [0.1, 0.15) is 17.2 Å². The summed E-state index contributed by atoms with van der Waals surface area (Å²) in [6, 6.07) is 38.1. The van der Waals surface area contributed by atoms with Crippen LogP contribution in [0.2, 0.25) is 0 Å². The molecular formula is C47H41N3O6. The van der Waals surface area contributed by atoms with Crippen molar-refractivity contribution in [1.29, 1.82) is 0 Å². The van der Waals surface area contributed by atoms with Gasteiger partial charge in [0, 0.05) is 89.4 Å². The average Bonchev–Trinajstić information content (AvgIpc) is 3.67. The third-order valence-corrected chi connectivity index (χ3v) is 11.4. The summed E-state index contributed by atoms with van der Waals surface area (Å²) in [6.45, 7) is 7.95. The van der Waals surface area contributed by atoms with Gasteiger partial charge in [0.2, 0.25) is 0 Å². The Balaban J connectivity index is 1.12. The van der Waals surface area contributed by atoms with Gasteiger partial charge >= 0.3 is 11.9 Å². The van der Waals surface area contributed by atoms with Gasteiger partial charge in [-0.2, -0.15) is 0 Å². The molecule has 0 fully saturated rings. The van der Waals surface area contributed by atoms with Crippen LogP contribution in [0.1, 0.15) is 73.5 Å². The van der Waals surface area contributed by atoms with Crippen molar-refractivity contribution in [3.05, 3.63) is 171 Å². The Morgan fingerprint density at radius 2 is 1.23 bits per heavy atom. The molecule has 0 radical (unpaired) electrons. The lowest BCUT2D eigenvalue weighted by molar-refractivity contribution is 0.0221. The number of aryl methyl sites for hydroxylation is 1. The number of carbonyl (C=O) groups is 2. The molecule has 6 aromatic carbocycles. The summed E-state index contributed by atoms with van der Waals surface area (Å²) in [6.07, 6.45) is 0. The van der Waals surface area contributed by atoms with Crippen molar-refractivity contribution in [2.24, 2.45) is 0 Å². The van der Waals surface area contributed by atoms with Crippen LogP contribution in [0.5, 0.6) is 17.2 Å². The Bertz CT molecular complexity index is 2560. The summed E-state index contributed by atoms with van der Waals surface area (Å²) < 4.78 is 19.5. The molecule has 2 atom stereocenters. The van der Waals surface area contributed by atoms with Crippen molar-refractivity contribution in [2.45, 2.75) is 32.0 Å². The zero-order valence-electron chi connectivity index (χ0n) is 31.8. The van der Waals surface area contributed by atoms with E-state index in [1.165, 1.54) is 0 Å². The lowest BCUT2D eigenvalue weighted by Crippen LogP contribution is -2.33. The van der Waals surface area contributed by atoms with Gasteiger partial charge < -0.3 is 34.4 Å². The molecule has 0 bridgehead atoms. The van der Waals surface area contributed by atoms with E-state index in [2.05, 4.69) is 30.1 Å². The Morgan fingerprint density at radius 1 is 0.625 bits per heavy atom. The predicted molar refractivity (Wildman–Crippen MR) is 217 cm³/mol. The van der Waals surface area contributed by atoms with Crippen molar-refractivity contribution < 1.29 is 28.9 Å². The third kappa shape index (κ3) is 5.14. The standard InChI is InChI=1S/C47H41N3O6/c1-6-50(7-2)33-19-23-39-43(26-33)54-42-24-28(3)41(27-40(42)47(39)37-11-9-8-10-35(37)44(52)56-47)48-31-16-12-29(13-17-31)46(30-14-20-34(51)21-15-30)38-22-18-32(49(4)5)25-36(38)45(53)55-46/h8-27,48,51H,6-7H2,1-5H3. The smallest absolute Gasteiger partial charge is 0.340 e. The zero-order valence-corrected chi connectivity index (χ0v) is 31.8. The van der Waals surface area contributed by atoms with Crippen LogP contribution in [0.3, 0.4) is 0 Å². The monoisotopic (exact) mass is 743 g/mol. The van der Waals surface area contributed by atoms with Crippen LogP contribution in [-0.2, 0) is 20.7 Å². The quantitative estimate of drug-likeness (QED) is 0.148. The zero-order chi connectivity index (χ0) is 38.9.